The molecule has 0 amide bonds. The van der Waals surface area contributed by atoms with E-state index >= 15 is 0 Å². The predicted molar refractivity (Wildman–Crippen MR) is 125 cm³/mol. The highest BCUT2D eigenvalue weighted by Gasteiger charge is 2.27. The number of alkyl halides is 3. The Hall–Kier alpha value is -2.75. The fourth-order valence-electron chi connectivity index (χ4n) is 4.10. The van der Waals surface area contributed by atoms with Gasteiger partial charge in [-0.15, -0.1) is 0 Å². The van der Waals surface area contributed by atoms with E-state index in [1.807, 2.05) is 56.3 Å². The SMILES string of the molecule is Cc1cc(OC(CCCC(F)(F)F)c2ccccc2)cc(C)c1-c1ccc(C(C)C)cc1. The van der Waals surface area contributed by atoms with Crippen LogP contribution in [0, 0.1) is 13.8 Å². The Morgan fingerprint density at radius 1 is 0.812 bits per heavy atom. The second-order valence-electron chi connectivity index (χ2n) is 8.73. The van der Waals surface area contributed by atoms with E-state index in [1.165, 1.54) is 11.1 Å². The zero-order chi connectivity index (χ0) is 23.3. The number of hydrogen-bond donors (Lipinski definition) is 0. The molecule has 0 saturated heterocycles. The highest BCUT2D eigenvalue weighted by Crippen LogP contribution is 2.35. The Labute approximate surface area is 189 Å². The molecule has 32 heavy (non-hydrogen) atoms. The van der Waals surface area contributed by atoms with Crippen molar-refractivity contribution in [3.05, 3.63) is 89.0 Å². The molecule has 1 nitrogen and oxygen atoms in total. The van der Waals surface area contributed by atoms with Gasteiger partial charge in [-0.2, -0.15) is 13.2 Å². The van der Waals surface area contributed by atoms with Gasteiger partial charge in [-0.3, -0.25) is 0 Å². The summed E-state index contributed by atoms with van der Waals surface area (Å²) in [7, 11) is 0. The smallest absolute Gasteiger partial charge is 0.389 e. The molecule has 0 N–H and O–H groups in total. The van der Waals surface area contributed by atoms with Gasteiger partial charge in [-0.1, -0.05) is 68.4 Å². The number of rotatable bonds is 8. The van der Waals surface area contributed by atoms with Crippen molar-refractivity contribution < 1.29 is 17.9 Å². The van der Waals surface area contributed by atoms with Crippen LogP contribution in [0.15, 0.2) is 66.7 Å². The van der Waals surface area contributed by atoms with Gasteiger partial charge < -0.3 is 4.74 Å². The van der Waals surface area contributed by atoms with Crippen molar-refractivity contribution in [2.75, 3.05) is 0 Å². The van der Waals surface area contributed by atoms with Crippen molar-refractivity contribution >= 4 is 0 Å². The summed E-state index contributed by atoms with van der Waals surface area (Å²) in [5.41, 5.74) is 6.67. The highest BCUT2D eigenvalue weighted by atomic mass is 19.4. The first-order valence-corrected chi connectivity index (χ1v) is 11.1. The van der Waals surface area contributed by atoms with Crippen LogP contribution in [0.3, 0.4) is 0 Å². The summed E-state index contributed by atoms with van der Waals surface area (Å²) < 4.78 is 44.3. The molecule has 3 aromatic carbocycles. The maximum absolute atomic E-state index is 12.7. The number of aryl methyl sites for hydroxylation is 2. The lowest BCUT2D eigenvalue weighted by Crippen LogP contribution is -2.12. The molecule has 1 atom stereocenters. The van der Waals surface area contributed by atoms with E-state index in [9.17, 15) is 13.2 Å². The normalized spacial score (nSPS) is 12.8. The second-order valence-corrected chi connectivity index (χ2v) is 8.73. The average molecular weight is 441 g/mol. The zero-order valence-electron chi connectivity index (χ0n) is 19.2. The quantitative estimate of drug-likeness (QED) is 0.340. The Morgan fingerprint density at radius 2 is 1.41 bits per heavy atom. The van der Waals surface area contributed by atoms with Gasteiger partial charge in [-0.05, 0) is 78.1 Å². The fraction of sp³-hybridized carbons (Fsp3) is 0.357. The average Bonchev–Trinajstić information content (AvgIpc) is 2.73. The molecule has 3 aromatic rings. The lowest BCUT2D eigenvalue weighted by Gasteiger charge is -2.22. The van der Waals surface area contributed by atoms with Crippen molar-refractivity contribution in [1.29, 1.82) is 0 Å². The Balaban J connectivity index is 1.84. The van der Waals surface area contributed by atoms with Gasteiger partial charge in [0, 0.05) is 6.42 Å². The molecule has 3 rings (SSSR count). The van der Waals surface area contributed by atoms with E-state index in [0.717, 1.165) is 22.3 Å². The van der Waals surface area contributed by atoms with Crippen LogP contribution in [0.1, 0.15) is 67.4 Å². The van der Waals surface area contributed by atoms with E-state index in [4.69, 9.17) is 4.74 Å². The summed E-state index contributed by atoms with van der Waals surface area (Å²) in [4.78, 5) is 0. The molecule has 1 unspecified atom stereocenters. The monoisotopic (exact) mass is 440 g/mol. The van der Waals surface area contributed by atoms with Gasteiger partial charge in [0.15, 0.2) is 0 Å². The van der Waals surface area contributed by atoms with Crippen molar-refractivity contribution in [2.24, 2.45) is 0 Å². The summed E-state index contributed by atoms with van der Waals surface area (Å²) >= 11 is 0. The third kappa shape index (κ3) is 6.38. The van der Waals surface area contributed by atoms with Crippen molar-refractivity contribution in [3.8, 4) is 16.9 Å². The van der Waals surface area contributed by atoms with Crippen molar-refractivity contribution in [3.63, 3.8) is 0 Å². The van der Waals surface area contributed by atoms with Gasteiger partial charge in [0.25, 0.3) is 0 Å². The van der Waals surface area contributed by atoms with Gasteiger partial charge >= 0.3 is 6.18 Å². The van der Waals surface area contributed by atoms with Crippen molar-refractivity contribution in [2.45, 2.75) is 65.2 Å². The number of hydrogen-bond acceptors (Lipinski definition) is 1. The first-order chi connectivity index (χ1) is 15.1. The first-order valence-electron chi connectivity index (χ1n) is 11.1. The molecular weight excluding hydrogens is 409 g/mol. The lowest BCUT2D eigenvalue weighted by molar-refractivity contribution is -0.136. The summed E-state index contributed by atoms with van der Waals surface area (Å²) in [6.45, 7) is 8.45. The van der Waals surface area contributed by atoms with Gasteiger partial charge in [-0.25, -0.2) is 0 Å². The summed E-state index contributed by atoms with van der Waals surface area (Å²) in [5.74, 6) is 1.16. The Morgan fingerprint density at radius 3 is 1.94 bits per heavy atom. The lowest BCUT2D eigenvalue weighted by atomic mass is 9.93. The van der Waals surface area contributed by atoms with Crippen LogP contribution in [0.5, 0.6) is 5.75 Å². The molecule has 0 radical (unpaired) electrons. The third-order valence-corrected chi connectivity index (χ3v) is 5.75. The number of ether oxygens (including phenoxy) is 1. The molecule has 4 heteroatoms. The summed E-state index contributed by atoms with van der Waals surface area (Å²) in [6.07, 6.45) is -5.04. The number of halogens is 3. The van der Waals surface area contributed by atoms with Crippen LogP contribution >= 0.6 is 0 Å². The topological polar surface area (TPSA) is 9.23 Å². The maximum atomic E-state index is 12.7. The predicted octanol–water partition coefficient (Wildman–Crippen LogP) is 8.95. The molecule has 0 aliphatic carbocycles. The van der Waals surface area contributed by atoms with E-state index in [-0.39, 0.29) is 6.42 Å². The van der Waals surface area contributed by atoms with Crippen molar-refractivity contribution in [1.82, 2.24) is 0 Å². The minimum atomic E-state index is -4.15. The number of benzene rings is 3. The van der Waals surface area contributed by atoms with E-state index in [2.05, 4.69) is 38.1 Å². The molecule has 0 heterocycles. The Kier molecular flexibility index (Phi) is 7.65. The maximum Gasteiger partial charge on any atom is 0.389 e. The molecule has 0 aromatic heterocycles. The Bertz CT molecular complexity index is 982. The summed E-state index contributed by atoms with van der Waals surface area (Å²) in [5, 5.41) is 0. The zero-order valence-corrected chi connectivity index (χ0v) is 19.2. The molecule has 0 aliphatic heterocycles. The minimum absolute atomic E-state index is 0.0291. The first kappa shape index (κ1) is 23.9. The standard InChI is InChI=1S/C28H31F3O/c1-19(2)22-12-14-24(15-13-22)27-20(3)17-25(18-21(27)4)32-26(11-8-16-28(29,30)31)23-9-6-5-7-10-23/h5-7,9-10,12-15,17-19,26H,8,11,16H2,1-4H3. The molecule has 170 valence electrons. The van der Waals surface area contributed by atoms with E-state index in [0.29, 0.717) is 18.1 Å². The van der Waals surface area contributed by atoms with E-state index in [1.54, 1.807) is 0 Å². The fourth-order valence-corrected chi connectivity index (χ4v) is 4.10. The molecule has 0 fully saturated rings. The second kappa shape index (κ2) is 10.2. The van der Waals surface area contributed by atoms with E-state index < -0.39 is 18.7 Å². The highest BCUT2D eigenvalue weighted by molar-refractivity contribution is 5.72. The minimum Gasteiger partial charge on any atom is -0.486 e. The van der Waals surface area contributed by atoms with Crippen LogP contribution in [-0.2, 0) is 0 Å². The molecule has 0 aliphatic rings. The van der Waals surface area contributed by atoms with Crippen LogP contribution in [0.4, 0.5) is 13.2 Å². The molecule has 0 spiro atoms. The van der Waals surface area contributed by atoms with Crippen LogP contribution in [-0.4, -0.2) is 6.18 Å². The molecular formula is C28H31F3O. The van der Waals surface area contributed by atoms with Crippen LogP contribution in [0.25, 0.3) is 11.1 Å². The largest absolute Gasteiger partial charge is 0.486 e. The van der Waals surface area contributed by atoms with Gasteiger partial charge in [0.1, 0.15) is 11.9 Å². The molecule has 0 bridgehead atoms. The van der Waals surface area contributed by atoms with Crippen LogP contribution in [0.2, 0.25) is 0 Å². The van der Waals surface area contributed by atoms with Gasteiger partial charge in [0.2, 0.25) is 0 Å². The third-order valence-electron chi connectivity index (χ3n) is 5.75. The summed E-state index contributed by atoms with van der Waals surface area (Å²) in [6, 6.07) is 22.1. The van der Waals surface area contributed by atoms with Crippen LogP contribution < -0.4 is 4.74 Å². The van der Waals surface area contributed by atoms with Gasteiger partial charge in [0.05, 0.1) is 0 Å². The molecule has 0 saturated carbocycles.